The van der Waals surface area contributed by atoms with Gasteiger partial charge in [-0.2, -0.15) is 0 Å². The maximum Gasteiger partial charge on any atom is 0.228 e. The average molecular weight is 396 g/mol. The molecule has 5 nitrogen and oxygen atoms in total. The molecule has 0 fully saturated rings. The second-order valence-electron chi connectivity index (χ2n) is 7.37. The fraction of sp³-hybridized carbons (Fsp3) is 0.364. The summed E-state index contributed by atoms with van der Waals surface area (Å²) in [4.78, 5) is 20.2. The summed E-state index contributed by atoms with van der Waals surface area (Å²) in [6.45, 7) is 4.06. The summed E-state index contributed by atoms with van der Waals surface area (Å²) < 4.78 is 8.00. The monoisotopic (exact) mass is 395 g/mol. The van der Waals surface area contributed by atoms with Crippen molar-refractivity contribution in [2.75, 3.05) is 13.7 Å². The Kier molecular flexibility index (Phi) is 5.59. The molecule has 1 aromatic carbocycles. The van der Waals surface area contributed by atoms with Crippen LogP contribution in [0, 0.1) is 5.92 Å². The normalized spacial score (nSPS) is 17.1. The van der Waals surface area contributed by atoms with Gasteiger partial charge < -0.3 is 14.2 Å². The van der Waals surface area contributed by atoms with Gasteiger partial charge in [-0.15, -0.1) is 11.3 Å². The minimum absolute atomic E-state index is 0.117. The fourth-order valence-corrected chi connectivity index (χ4v) is 4.66. The SMILES string of the molecule is CC(C(=O)N(C)Cc1ccc(Cn2ccnc2)cc1)C1OCCc2sccc21. The van der Waals surface area contributed by atoms with E-state index in [0.29, 0.717) is 13.2 Å². The summed E-state index contributed by atoms with van der Waals surface area (Å²) >= 11 is 1.76. The van der Waals surface area contributed by atoms with Gasteiger partial charge in [0.2, 0.25) is 5.91 Å². The summed E-state index contributed by atoms with van der Waals surface area (Å²) in [5.74, 6) is -0.0780. The number of hydrogen-bond acceptors (Lipinski definition) is 4. The number of carbonyl (C=O) groups excluding carboxylic acids is 1. The zero-order valence-electron chi connectivity index (χ0n) is 16.2. The van der Waals surface area contributed by atoms with Crippen LogP contribution in [-0.2, 0) is 29.0 Å². The molecule has 0 saturated carbocycles. The van der Waals surface area contributed by atoms with Gasteiger partial charge >= 0.3 is 0 Å². The highest BCUT2D eigenvalue weighted by Crippen LogP contribution is 2.36. The van der Waals surface area contributed by atoms with Crippen molar-refractivity contribution in [3.63, 3.8) is 0 Å². The maximum atomic E-state index is 13.0. The van der Waals surface area contributed by atoms with Crippen LogP contribution in [0.1, 0.15) is 34.6 Å². The molecule has 2 atom stereocenters. The maximum absolute atomic E-state index is 13.0. The van der Waals surface area contributed by atoms with Crippen LogP contribution < -0.4 is 0 Å². The fourth-order valence-electron chi connectivity index (χ4n) is 3.76. The van der Waals surface area contributed by atoms with E-state index in [0.717, 1.165) is 18.5 Å². The zero-order chi connectivity index (χ0) is 19.5. The highest BCUT2D eigenvalue weighted by atomic mass is 32.1. The minimum atomic E-state index is -0.195. The van der Waals surface area contributed by atoms with E-state index in [4.69, 9.17) is 4.74 Å². The van der Waals surface area contributed by atoms with E-state index in [1.54, 1.807) is 22.4 Å². The lowest BCUT2D eigenvalue weighted by atomic mass is 9.94. The molecule has 3 aromatic rings. The van der Waals surface area contributed by atoms with Crippen LogP contribution in [0.4, 0.5) is 0 Å². The molecule has 146 valence electrons. The molecule has 0 saturated heterocycles. The first-order valence-electron chi connectivity index (χ1n) is 9.58. The van der Waals surface area contributed by atoms with Crippen LogP contribution in [0.2, 0.25) is 0 Å². The Morgan fingerprint density at radius 3 is 2.86 bits per heavy atom. The first kappa shape index (κ1) is 18.9. The molecule has 0 radical (unpaired) electrons. The first-order valence-corrected chi connectivity index (χ1v) is 10.5. The minimum Gasteiger partial charge on any atom is -0.372 e. The molecule has 0 N–H and O–H groups in total. The van der Waals surface area contributed by atoms with Crippen molar-refractivity contribution < 1.29 is 9.53 Å². The van der Waals surface area contributed by atoms with Crippen LogP contribution in [0.15, 0.2) is 54.4 Å². The van der Waals surface area contributed by atoms with E-state index in [-0.39, 0.29) is 17.9 Å². The lowest BCUT2D eigenvalue weighted by Crippen LogP contribution is -2.36. The van der Waals surface area contributed by atoms with Crippen molar-refractivity contribution in [2.45, 2.75) is 32.5 Å². The third-order valence-electron chi connectivity index (χ3n) is 5.30. The van der Waals surface area contributed by atoms with Crippen LogP contribution in [0.25, 0.3) is 0 Å². The van der Waals surface area contributed by atoms with Gasteiger partial charge in [0.05, 0.1) is 25.0 Å². The summed E-state index contributed by atoms with van der Waals surface area (Å²) in [5.41, 5.74) is 3.53. The van der Waals surface area contributed by atoms with E-state index in [9.17, 15) is 4.79 Å². The van der Waals surface area contributed by atoms with Gasteiger partial charge in [0, 0.05) is 43.8 Å². The standard InChI is InChI=1S/C22H25N3O2S/c1-16(21-19-8-12-28-20(19)7-11-27-21)22(26)24(2)13-17-3-5-18(6-4-17)14-25-10-9-23-15-25/h3-6,8-10,12,15-16,21H,7,11,13-14H2,1-2H3. The Bertz CT molecular complexity index is 918. The predicted octanol–water partition coefficient (Wildman–Crippen LogP) is 3.90. The zero-order valence-corrected chi connectivity index (χ0v) is 17.1. The van der Waals surface area contributed by atoms with Crippen molar-refractivity contribution in [2.24, 2.45) is 5.92 Å². The van der Waals surface area contributed by atoms with E-state index in [1.807, 2.05) is 31.1 Å². The van der Waals surface area contributed by atoms with Gasteiger partial charge in [0.15, 0.2) is 0 Å². The Labute approximate surface area is 169 Å². The molecule has 0 spiro atoms. The molecule has 4 rings (SSSR count). The molecule has 28 heavy (non-hydrogen) atoms. The molecular weight excluding hydrogens is 370 g/mol. The number of rotatable bonds is 6. The Morgan fingerprint density at radius 2 is 2.11 bits per heavy atom. The van der Waals surface area contributed by atoms with Crippen LogP contribution in [0.5, 0.6) is 0 Å². The van der Waals surface area contributed by atoms with Crippen LogP contribution in [0.3, 0.4) is 0 Å². The number of thiophene rings is 1. The van der Waals surface area contributed by atoms with Crippen molar-refractivity contribution in [1.29, 1.82) is 0 Å². The molecule has 2 unspecified atom stereocenters. The Balaban J connectivity index is 1.38. The van der Waals surface area contributed by atoms with E-state index < -0.39 is 0 Å². The number of imidazole rings is 1. The number of nitrogens with zero attached hydrogens (tertiary/aromatic N) is 3. The van der Waals surface area contributed by atoms with Crippen molar-refractivity contribution >= 4 is 17.2 Å². The Hall–Kier alpha value is -2.44. The molecule has 1 aliphatic rings. The highest BCUT2D eigenvalue weighted by Gasteiger charge is 2.32. The molecule has 3 heterocycles. The molecule has 0 bridgehead atoms. The van der Waals surface area contributed by atoms with Gasteiger partial charge in [-0.25, -0.2) is 4.98 Å². The lowest BCUT2D eigenvalue weighted by Gasteiger charge is -2.30. The number of benzene rings is 1. The van der Waals surface area contributed by atoms with Crippen LogP contribution >= 0.6 is 11.3 Å². The average Bonchev–Trinajstić information content (AvgIpc) is 3.39. The van der Waals surface area contributed by atoms with E-state index >= 15 is 0 Å². The van der Waals surface area contributed by atoms with Crippen LogP contribution in [-0.4, -0.2) is 34.0 Å². The third kappa shape index (κ3) is 4.03. The van der Waals surface area contributed by atoms with Gasteiger partial charge in [-0.1, -0.05) is 31.2 Å². The third-order valence-corrected chi connectivity index (χ3v) is 6.30. The topological polar surface area (TPSA) is 47.4 Å². The summed E-state index contributed by atoms with van der Waals surface area (Å²) in [6.07, 6.45) is 6.36. The van der Waals surface area contributed by atoms with Gasteiger partial charge in [-0.3, -0.25) is 4.79 Å². The lowest BCUT2D eigenvalue weighted by molar-refractivity contribution is -0.140. The Morgan fingerprint density at radius 1 is 1.32 bits per heavy atom. The number of aromatic nitrogens is 2. The summed E-state index contributed by atoms with van der Waals surface area (Å²) in [6, 6.07) is 10.5. The molecule has 0 aliphatic carbocycles. The predicted molar refractivity (Wildman–Crippen MR) is 110 cm³/mol. The summed E-state index contributed by atoms with van der Waals surface area (Å²) in [5, 5.41) is 2.10. The van der Waals surface area contributed by atoms with Gasteiger partial charge in [-0.05, 0) is 28.1 Å². The van der Waals surface area contributed by atoms with Gasteiger partial charge in [0.1, 0.15) is 0 Å². The molecule has 1 aliphatic heterocycles. The number of ether oxygens (including phenoxy) is 1. The van der Waals surface area contributed by atoms with E-state index in [2.05, 4.69) is 40.7 Å². The second-order valence-corrected chi connectivity index (χ2v) is 8.38. The molecule has 1 amide bonds. The highest BCUT2D eigenvalue weighted by molar-refractivity contribution is 7.10. The van der Waals surface area contributed by atoms with Crippen molar-refractivity contribution in [1.82, 2.24) is 14.5 Å². The van der Waals surface area contributed by atoms with Gasteiger partial charge in [0.25, 0.3) is 0 Å². The molecule has 6 heteroatoms. The number of carbonyl (C=O) groups is 1. The molecular formula is C22H25N3O2S. The number of amides is 1. The number of fused-ring (bicyclic) bond motifs is 1. The quantitative estimate of drug-likeness (QED) is 0.636. The molecule has 2 aromatic heterocycles. The second kappa shape index (κ2) is 8.29. The van der Waals surface area contributed by atoms with E-state index in [1.165, 1.54) is 16.0 Å². The smallest absolute Gasteiger partial charge is 0.228 e. The van der Waals surface area contributed by atoms with Crippen molar-refractivity contribution in [3.05, 3.63) is 76.0 Å². The number of hydrogen-bond donors (Lipinski definition) is 0. The summed E-state index contributed by atoms with van der Waals surface area (Å²) in [7, 11) is 1.87. The largest absolute Gasteiger partial charge is 0.372 e. The van der Waals surface area contributed by atoms with Crippen molar-refractivity contribution in [3.8, 4) is 0 Å². The first-order chi connectivity index (χ1) is 13.6.